The number of nitrogens with one attached hydrogen (secondary N) is 1. The van der Waals surface area contributed by atoms with Crippen molar-refractivity contribution in [2.24, 2.45) is 5.92 Å². The van der Waals surface area contributed by atoms with Crippen molar-refractivity contribution in [1.82, 2.24) is 9.88 Å². The largest absolute Gasteiger partial charge is 0.331 e. The number of aryl methyl sites for hydroxylation is 1. The third-order valence-electron chi connectivity index (χ3n) is 4.04. The average molecular weight is 323 g/mol. The van der Waals surface area contributed by atoms with Crippen molar-refractivity contribution in [2.75, 3.05) is 11.9 Å². The van der Waals surface area contributed by atoms with Crippen LogP contribution in [0.25, 0.3) is 0 Å². The molecule has 0 bridgehead atoms. The Kier molecular flexibility index (Phi) is 5.94. The summed E-state index contributed by atoms with van der Waals surface area (Å²) in [6.45, 7) is 5.91. The van der Waals surface area contributed by atoms with Crippen LogP contribution in [-0.4, -0.2) is 34.3 Å². The molecule has 0 atom stereocenters. The van der Waals surface area contributed by atoms with E-state index in [9.17, 15) is 9.59 Å². The summed E-state index contributed by atoms with van der Waals surface area (Å²) in [6.07, 6.45) is 5.36. The summed E-state index contributed by atoms with van der Waals surface area (Å²) in [4.78, 5) is 30.8. The summed E-state index contributed by atoms with van der Waals surface area (Å²) in [7, 11) is 0. The SMILES string of the molecule is Cc1csc(NC(=O)CN(C(=O)C2CCCCC2)C(C)C)n1. The van der Waals surface area contributed by atoms with Crippen molar-refractivity contribution in [3.8, 4) is 0 Å². The van der Waals surface area contributed by atoms with Gasteiger partial charge in [-0.1, -0.05) is 19.3 Å². The van der Waals surface area contributed by atoms with Gasteiger partial charge in [-0.25, -0.2) is 4.98 Å². The Hall–Kier alpha value is -1.43. The highest BCUT2D eigenvalue weighted by Crippen LogP contribution is 2.26. The number of hydrogen-bond acceptors (Lipinski definition) is 4. The van der Waals surface area contributed by atoms with Crippen molar-refractivity contribution in [3.63, 3.8) is 0 Å². The molecule has 1 fully saturated rings. The first-order valence-electron chi connectivity index (χ1n) is 8.00. The van der Waals surface area contributed by atoms with Gasteiger partial charge in [-0.3, -0.25) is 9.59 Å². The van der Waals surface area contributed by atoms with Crippen molar-refractivity contribution in [3.05, 3.63) is 11.1 Å². The highest BCUT2D eigenvalue weighted by Gasteiger charge is 2.28. The summed E-state index contributed by atoms with van der Waals surface area (Å²) in [6, 6.07) is 0.0261. The molecule has 1 saturated carbocycles. The second-order valence-corrected chi connectivity index (χ2v) is 7.10. The molecule has 0 spiro atoms. The van der Waals surface area contributed by atoms with E-state index in [1.54, 1.807) is 4.90 Å². The maximum Gasteiger partial charge on any atom is 0.245 e. The maximum atomic E-state index is 12.7. The Bertz CT molecular complexity index is 521. The number of carbonyl (C=O) groups is 2. The fourth-order valence-corrected chi connectivity index (χ4v) is 3.53. The Morgan fingerprint density at radius 3 is 2.59 bits per heavy atom. The van der Waals surface area contributed by atoms with Crippen LogP contribution in [0.3, 0.4) is 0 Å². The van der Waals surface area contributed by atoms with Crippen molar-refractivity contribution in [2.45, 2.75) is 58.9 Å². The molecule has 0 saturated heterocycles. The van der Waals surface area contributed by atoms with Gasteiger partial charge in [0.15, 0.2) is 5.13 Å². The number of thiazole rings is 1. The van der Waals surface area contributed by atoms with Crippen LogP contribution in [0.4, 0.5) is 5.13 Å². The monoisotopic (exact) mass is 323 g/mol. The van der Waals surface area contributed by atoms with Gasteiger partial charge in [0.2, 0.25) is 11.8 Å². The zero-order chi connectivity index (χ0) is 16.1. The minimum absolute atomic E-state index is 0.0261. The van der Waals surface area contributed by atoms with Gasteiger partial charge in [-0.2, -0.15) is 0 Å². The van der Waals surface area contributed by atoms with Gasteiger partial charge in [-0.05, 0) is 33.6 Å². The molecule has 0 radical (unpaired) electrons. The molecule has 0 unspecified atom stereocenters. The van der Waals surface area contributed by atoms with Crippen LogP contribution >= 0.6 is 11.3 Å². The van der Waals surface area contributed by atoms with Crippen LogP contribution in [0.15, 0.2) is 5.38 Å². The average Bonchev–Trinajstić information content (AvgIpc) is 2.89. The highest BCUT2D eigenvalue weighted by atomic mass is 32.1. The Balaban J connectivity index is 1.95. The molecule has 1 N–H and O–H groups in total. The molecule has 1 aromatic heterocycles. The summed E-state index contributed by atoms with van der Waals surface area (Å²) in [5.74, 6) is 0.0402. The molecule has 1 aliphatic rings. The van der Waals surface area contributed by atoms with E-state index >= 15 is 0 Å². The van der Waals surface area contributed by atoms with E-state index in [-0.39, 0.29) is 30.3 Å². The van der Waals surface area contributed by atoms with Crippen LogP contribution in [0, 0.1) is 12.8 Å². The molecule has 5 nitrogen and oxygen atoms in total. The molecule has 122 valence electrons. The topological polar surface area (TPSA) is 62.3 Å². The lowest BCUT2D eigenvalue weighted by Gasteiger charge is -2.31. The number of rotatable bonds is 5. The predicted molar refractivity (Wildman–Crippen MR) is 88.9 cm³/mol. The van der Waals surface area contributed by atoms with E-state index in [1.165, 1.54) is 17.8 Å². The number of carbonyl (C=O) groups excluding carboxylic acids is 2. The van der Waals surface area contributed by atoms with E-state index in [0.29, 0.717) is 5.13 Å². The van der Waals surface area contributed by atoms with Gasteiger partial charge in [0, 0.05) is 17.3 Å². The van der Waals surface area contributed by atoms with E-state index in [0.717, 1.165) is 31.4 Å². The fraction of sp³-hybridized carbons (Fsp3) is 0.688. The molecule has 0 aliphatic heterocycles. The first-order valence-corrected chi connectivity index (χ1v) is 8.88. The number of amides is 2. The zero-order valence-electron chi connectivity index (χ0n) is 13.6. The number of hydrogen-bond donors (Lipinski definition) is 1. The molecule has 1 heterocycles. The standard InChI is InChI=1S/C16H25N3O2S/c1-11(2)19(15(21)13-7-5-4-6-8-13)9-14(20)18-16-17-12(3)10-22-16/h10-11,13H,4-9H2,1-3H3,(H,17,18,20). The second-order valence-electron chi connectivity index (χ2n) is 6.24. The van der Waals surface area contributed by atoms with Crippen LogP contribution in [0.5, 0.6) is 0 Å². The second kappa shape index (κ2) is 7.72. The minimum Gasteiger partial charge on any atom is -0.331 e. The van der Waals surface area contributed by atoms with Crippen LogP contribution in [0.2, 0.25) is 0 Å². The number of nitrogens with zero attached hydrogens (tertiary/aromatic N) is 2. The first-order chi connectivity index (χ1) is 10.5. The molecule has 1 aliphatic carbocycles. The van der Waals surface area contributed by atoms with Crippen molar-refractivity contribution >= 4 is 28.3 Å². The summed E-state index contributed by atoms with van der Waals surface area (Å²) in [5.41, 5.74) is 0.888. The molecular formula is C16H25N3O2S. The van der Waals surface area contributed by atoms with Gasteiger partial charge in [0.1, 0.15) is 6.54 Å². The molecular weight excluding hydrogens is 298 g/mol. The van der Waals surface area contributed by atoms with Crippen LogP contribution in [-0.2, 0) is 9.59 Å². The van der Waals surface area contributed by atoms with Crippen LogP contribution in [0.1, 0.15) is 51.6 Å². The molecule has 6 heteroatoms. The van der Waals surface area contributed by atoms with Crippen LogP contribution < -0.4 is 5.32 Å². The van der Waals surface area contributed by atoms with E-state index in [2.05, 4.69) is 10.3 Å². The lowest BCUT2D eigenvalue weighted by molar-refractivity contribution is -0.141. The Labute approximate surface area is 136 Å². The molecule has 2 rings (SSSR count). The van der Waals surface area contributed by atoms with Gasteiger partial charge in [-0.15, -0.1) is 11.3 Å². The molecule has 0 aromatic carbocycles. The summed E-state index contributed by atoms with van der Waals surface area (Å²) < 4.78 is 0. The van der Waals surface area contributed by atoms with E-state index in [1.807, 2.05) is 26.2 Å². The van der Waals surface area contributed by atoms with Gasteiger partial charge in [0.05, 0.1) is 5.69 Å². The summed E-state index contributed by atoms with van der Waals surface area (Å²) in [5, 5.41) is 5.27. The highest BCUT2D eigenvalue weighted by molar-refractivity contribution is 7.13. The van der Waals surface area contributed by atoms with Crippen molar-refractivity contribution < 1.29 is 9.59 Å². The Morgan fingerprint density at radius 1 is 1.36 bits per heavy atom. The summed E-state index contributed by atoms with van der Waals surface area (Å²) >= 11 is 1.40. The van der Waals surface area contributed by atoms with Crippen molar-refractivity contribution in [1.29, 1.82) is 0 Å². The quantitative estimate of drug-likeness (QED) is 0.905. The molecule has 1 aromatic rings. The van der Waals surface area contributed by atoms with Gasteiger partial charge in [0.25, 0.3) is 0 Å². The van der Waals surface area contributed by atoms with E-state index in [4.69, 9.17) is 0 Å². The third kappa shape index (κ3) is 4.53. The maximum absolute atomic E-state index is 12.7. The van der Waals surface area contributed by atoms with Gasteiger partial charge >= 0.3 is 0 Å². The zero-order valence-corrected chi connectivity index (χ0v) is 14.4. The number of anilines is 1. The number of aromatic nitrogens is 1. The molecule has 22 heavy (non-hydrogen) atoms. The normalized spacial score (nSPS) is 15.8. The third-order valence-corrected chi connectivity index (χ3v) is 4.92. The molecule has 2 amide bonds. The van der Waals surface area contributed by atoms with Gasteiger partial charge < -0.3 is 10.2 Å². The predicted octanol–water partition coefficient (Wildman–Crippen LogP) is 3.21. The fourth-order valence-electron chi connectivity index (χ4n) is 2.82. The smallest absolute Gasteiger partial charge is 0.245 e. The Morgan fingerprint density at radius 2 is 2.05 bits per heavy atom. The van der Waals surface area contributed by atoms with E-state index < -0.39 is 0 Å². The lowest BCUT2D eigenvalue weighted by Crippen LogP contribution is -2.45. The first kappa shape index (κ1) is 16.9. The minimum atomic E-state index is -0.174. The lowest BCUT2D eigenvalue weighted by atomic mass is 9.88.